The minimum Gasteiger partial charge on any atom is -0.382 e. The molecule has 0 aliphatic carbocycles. The van der Waals surface area contributed by atoms with Crippen LogP contribution in [-0.2, 0) is 9.47 Å². The van der Waals surface area contributed by atoms with Gasteiger partial charge in [0.1, 0.15) is 0 Å². The van der Waals surface area contributed by atoms with Gasteiger partial charge in [-0.05, 0) is 17.8 Å². The first kappa shape index (κ1) is 10.0. The standard InChI is InChI=1S/C10H20O2/c1-7-5-12-10(6-11-4)9(3)8(7)2/h7-10H,5-6H2,1-4H3. The van der Waals surface area contributed by atoms with E-state index in [0.717, 1.165) is 19.1 Å². The van der Waals surface area contributed by atoms with Gasteiger partial charge in [-0.15, -0.1) is 0 Å². The Morgan fingerprint density at radius 1 is 1.25 bits per heavy atom. The van der Waals surface area contributed by atoms with Crippen LogP contribution in [0.2, 0.25) is 0 Å². The third-order valence-electron chi connectivity index (χ3n) is 3.22. The number of methoxy groups -OCH3 is 1. The van der Waals surface area contributed by atoms with Crippen molar-refractivity contribution in [3.63, 3.8) is 0 Å². The maximum absolute atomic E-state index is 5.69. The summed E-state index contributed by atoms with van der Waals surface area (Å²) in [5, 5.41) is 0. The molecular weight excluding hydrogens is 152 g/mol. The van der Waals surface area contributed by atoms with Gasteiger partial charge >= 0.3 is 0 Å². The molecule has 0 N–H and O–H groups in total. The topological polar surface area (TPSA) is 18.5 Å². The molecule has 12 heavy (non-hydrogen) atoms. The van der Waals surface area contributed by atoms with Gasteiger partial charge in [-0.2, -0.15) is 0 Å². The number of rotatable bonds is 2. The molecule has 0 aromatic heterocycles. The smallest absolute Gasteiger partial charge is 0.0836 e. The van der Waals surface area contributed by atoms with Crippen LogP contribution in [0.25, 0.3) is 0 Å². The van der Waals surface area contributed by atoms with Gasteiger partial charge in [0.15, 0.2) is 0 Å². The highest BCUT2D eigenvalue weighted by molar-refractivity contribution is 4.79. The molecule has 0 aromatic carbocycles. The Hall–Kier alpha value is -0.0800. The van der Waals surface area contributed by atoms with Crippen LogP contribution in [0.3, 0.4) is 0 Å². The first-order valence-electron chi connectivity index (χ1n) is 4.77. The normalized spacial score (nSPS) is 43.0. The van der Waals surface area contributed by atoms with Crippen LogP contribution in [0.1, 0.15) is 20.8 Å². The van der Waals surface area contributed by atoms with Gasteiger partial charge in [0.25, 0.3) is 0 Å². The van der Waals surface area contributed by atoms with Crippen molar-refractivity contribution < 1.29 is 9.47 Å². The van der Waals surface area contributed by atoms with Crippen LogP contribution in [0.15, 0.2) is 0 Å². The molecule has 72 valence electrons. The van der Waals surface area contributed by atoms with E-state index in [1.165, 1.54) is 0 Å². The summed E-state index contributed by atoms with van der Waals surface area (Å²) in [6, 6.07) is 0. The quantitative estimate of drug-likeness (QED) is 0.633. The average molecular weight is 172 g/mol. The molecular formula is C10H20O2. The van der Waals surface area contributed by atoms with Crippen molar-refractivity contribution in [1.29, 1.82) is 0 Å². The summed E-state index contributed by atoms with van der Waals surface area (Å²) < 4.78 is 10.8. The molecule has 1 fully saturated rings. The van der Waals surface area contributed by atoms with E-state index in [1.807, 2.05) is 0 Å². The van der Waals surface area contributed by atoms with Crippen molar-refractivity contribution in [3.05, 3.63) is 0 Å². The van der Waals surface area contributed by atoms with E-state index in [1.54, 1.807) is 7.11 Å². The molecule has 4 unspecified atom stereocenters. The first-order chi connectivity index (χ1) is 5.66. The molecule has 2 heteroatoms. The summed E-state index contributed by atoms with van der Waals surface area (Å²) in [6.45, 7) is 8.44. The van der Waals surface area contributed by atoms with Crippen LogP contribution >= 0.6 is 0 Å². The van der Waals surface area contributed by atoms with Crippen molar-refractivity contribution in [3.8, 4) is 0 Å². The summed E-state index contributed by atoms with van der Waals surface area (Å²) in [7, 11) is 1.73. The third kappa shape index (κ3) is 1.99. The Kier molecular flexibility index (Phi) is 3.53. The van der Waals surface area contributed by atoms with Gasteiger partial charge in [0.05, 0.1) is 12.7 Å². The second-order valence-electron chi connectivity index (χ2n) is 4.02. The maximum atomic E-state index is 5.69. The summed E-state index contributed by atoms with van der Waals surface area (Å²) in [5.74, 6) is 2.06. The highest BCUT2D eigenvalue weighted by Crippen LogP contribution is 2.30. The number of hydrogen-bond acceptors (Lipinski definition) is 2. The molecule has 1 rings (SSSR count). The minimum atomic E-state index is 0.307. The highest BCUT2D eigenvalue weighted by Gasteiger charge is 2.32. The van der Waals surface area contributed by atoms with E-state index >= 15 is 0 Å². The lowest BCUT2D eigenvalue weighted by Gasteiger charge is -2.38. The molecule has 0 spiro atoms. The zero-order valence-electron chi connectivity index (χ0n) is 8.54. The van der Waals surface area contributed by atoms with E-state index in [2.05, 4.69) is 20.8 Å². The Labute approximate surface area is 75.2 Å². The van der Waals surface area contributed by atoms with Crippen molar-refractivity contribution in [2.24, 2.45) is 17.8 Å². The molecule has 1 aliphatic rings. The van der Waals surface area contributed by atoms with E-state index in [0.29, 0.717) is 17.9 Å². The van der Waals surface area contributed by atoms with E-state index in [-0.39, 0.29) is 0 Å². The third-order valence-corrected chi connectivity index (χ3v) is 3.22. The van der Waals surface area contributed by atoms with Gasteiger partial charge in [0.2, 0.25) is 0 Å². The molecule has 0 aromatic rings. The molecule has 0 radical (unpaired) electrons. The van der Waals surface area contributed by atoms with E-state index in [4.69, 9.17) is 9.47 Å². The lowest BCUT2D eigenvalue weighted by molar-refractivity contribution is -0.103. The Bertz CT molecular complexity index is 136. The average Bonchev–Trinajstić information content (AvgIpc) is 2.07. The lowest BCUT2D eigenvalue weighted by atomic mass is 9.80. The summed E-state index contributed by atoms with van der Waals surface area (Å²) in [5.41, 5.74) is 0. The van der Waals surface area contributed by atoms with E-state index in [9.17, 15) is 0 Å². The van der Waals surface area contributed by atoms with Crippen LogP contribution in [0.4, 0.5) is 0 Å². The Morgan fingerprint density at radius 2 is 1.92 bits per heavy atom. The molecule has 1 saturated heterocycles. The molecule has 0 amide bonds. The van der Waals surface area contributed by atoms with E-state index < -0.39 is 0 Å². The van der Waals surface area contributed by atoms with Crippen LogP contribution in [0, 0.1) is 17.8 Å². The number of ether oxygens (including phenoxy) is 2. The molecule has 4 atom stereocenters. The highest BCUT2D eigenvalue weighted by atomic mass is 16.5. The molecule has 2 nitrogen and oxygen atoms in total. The zero-order chi connectivity index (χ0) is 9.14. The minimum absolute atomic E-state index is 0.307. The monoisotopic (exact) mass is 172 g/mol. The maximum Gasteiger partial charge on any atom is 0.0836 e. The predicted octanol–water partition coefficient (Wildman–Crippen LogP) is 1.94. The van der Waals surface area contributed by atoms with Gasteiger partial charge < -0.3 is 9.47 Å². The van der Waals surface area contributed by atoms with Gasteiger partial charge in [-0.1, -0.05) is 20.8 Å². The van der Waals surface area contributed by atoms with Crippen molar-refractivity contribution in [2.45, 2.75) is 26.9 Å². The fraction of sp³-hybridized carbons (Fsp3) is 1.00. The molecule has 0 bridgehead atoms. The summed E-state index contributed by atoms with van der Waals surface area (Å²) in [6.07, 6.45) is 0.307. The van der Waals surface area contributed by atoms with Crippen LogP contribution in [0.5, 0.6) is 0 Å². The fourth-order valence-electron chi connectivity index (χ4n) is 1.80. The summed E-state index contributed by atoms with van der Waals surface area (Å²) >= 11 is 0. The van der Waals surface area contributed by atoms with Crippen LogP contribution in [-0.4, -0.2) is 26.4 Å². The van der Waals surface area contributed by atoms with Crippen molar-refractivity contribution in [1.82, 2.24) is 0 Å². The SMILES string of the molecule is COCC1OCC(C)C(C)C1C. The largest absolute Gasteiger partial charge is 0.382 e. The first-order valence-corrected chi connectivity index (χ1v) is 4.77. The van der Waals surface area contributed by atoms with Gasteiger partial charge in [-0.25, -0.2) is 0 Å². The van der Waals surface area contributed by atoms with Gasteiger partial charge in [0, 0.05) is 13.7 Å². The fourth-order valence-corrected chi connectivity index (χ4v) is 1.80. The zero-order valence-corrected chi connectivity index (χ0v) is 8.54. The van der Waals surface area contributed by atoms with Gasteiger partial charge in [-0.3, -0.25) is 0 Å². The number of hydrogen-bond donors (Lipinski definition) is 0. The molecule has 1 heterocycles. The van der Waals surface area contributed by atoms with Crippen molar-refractivity contribution in [2.75, 3.05) is 20.3 Å². The van der Waals surface area contributed by atoms with Crippen molar-refractivity contribution >= 4 is 0 Å². The second kappa shape index (κ2) is 4.24. The van der Waals surface area contributed by atoms with Crippen LogP contribution < -0.4 is 0 Å². The predicted molar refractivity (Wildman–Crippen MR) is 49.1 cm³/mol. The Balaban J connectivity index is 2.46. The molecule has 0 saturated carbocycles. The lowest BCUT2D eigenvalue weighted by Crippen LogP contribution is -2.40. The molecule has 1 aliphatic heterocycles. The second-order valence-corrected chi connectivity index (χ2v) is 4.02. The Morgan fingerprint density at radius 3 is 2.50 bits per heavy atom. The summed E-state index contributed by atoms with van der Waals surface area (Å²) in [4.78, 5) is 0.